The van der Waals surface area contributed by atoms with Crippen LogP contribution in [0.4, 0.5) is 10.2 Å². The fourth-order valence-electron chi connectivity index (χ4n) is 4.62. The molecule has 0 saturated carbocycles. The average Bonchev–Trinajstić information content (AvgIpc) is 3.25. The summed E-state index contributed by atoms with van der Waals surface area (Å²) in [6.45, 7) is 2.42. The van der Waals surface area contributed by atoms with Gasteiger partial charge in [0.25, 0.3) is 0 Å². The lowest BCUT2D eigenvalue weighted by molar-refractivity contribution is -0.131. The molecule has 7 heteroatoms. The Labute approximate surface area is 197 Å². The number of nitrogens with zero attached hydrogens (tertiary/aromatic N) is 4. The smallest absolute Gasteiger partial charge is 0.223 e. The predicted octanol–water partition coefficient (Wildman–Crippen LogP) is 4.52. The number of amides is 1. The SMILES string of the molecule is N#Cc1cccnc1N1CCN(C(=O)CCc2c(-c3ccccc3)[nH]c3ccc(F)cc23)CC1. The number of carbonyl (C=O) groups excluding carboxylic acids is 1. The van der Waals surface area contributed by atoms with Gasteiger partial charge in [0.1, 0.15) is 17.7 Å². The third-order valence-electron chi connectivity index (χ3n) is 6.36. The Bertz CT molecular complexity index is 1370. The number of carbonyl (C=O) groups is 1. The highest BCUT2D eigenvalue weighted by Gasteiger charge is 2.24. The van der Waals surface area contributed by atoms with E-state index in [9.17, 15) is 14.4 Å². The summed E-state index contributed by atoms with van der Waals surface area (Å²) in [7, 11) is 0. The molecule has 0 bridgehead atoms. The molecule has 4 aromatic rings. The second-order valence-electron chi connectivity index (χ2n) is 8.39. The molecule has 1 fully saturated rings. The Morgan fingerprint density at radius 2 is 1.85 bits per heavy atom. The molecule has 1 amide bonds. The van der Waals surface area contributed by atoms with E-state index >= 15 is 0 Å². The van der Waals surface area contributed by atoms with Gasteiger partial charge in [0.2, 0.25) is 5.91 Å². The summed E-state index contributed by atoms with van der Waals surface area (Å²) in [6, 6.07) is 20.3. The van der Waals surface area contributed by atoms with Crippen LogP contribution in [-0.2, 0) is 11.2 Å². The molecule has 170 valence electrons. The Kier molecular flexibility index (Phi) is 5.96. The normalized spacial score (nSPS) is 13.8. The van der Waals surface area contributed by atoms with Crippen LogP contribution in [0.3, 0.4) is 0 Å². The fraction of sp³-hybridized carbons (Fsp3) is 0.222. The number of nitrogens with one attached hydrogen (secondary N) is 1. The van der Waals surface area contributed by atoms with E-state index in [0.29, 0.717) is 50.4 Å². The maximum atomic E-state index is 14.0. The number of hydrogen-bond donors (Lipinski definition) is 1. The van der Waals surface area contributed by atoms with Gasteiger partial charge in [0.05, 0.1) is 5.56 Å². The van der Waals surface area contributed by atoms with Gasteiger partial charge in [-0.15, -0.1) is 0 Å². The predicted molar refractivity (Wildman–Crippen MR) is 130 cm³/mol. The van der Waals surface area contributed by atoms with Crippen LogP contribution in [0.1, 0.15) is 17.5 Å². The van der Waals surface area contributed by atoms with E-state index in [-0.39, 0.29) is 11.7 Å². The third kappa shape index (κ3) is 4.23. The second kappa shape index (κ2) is 9.36. The highest BCUT2D eigenvalue weighted by molar-refractivity contribution is 5.91. The van der Waals surface area contributed by atoms with Gasteiger partial charge >= 0.3 is 0 Å². The third-order valence-corrected chi connectivity index (χ3v) is 6.36. The van der Waals surface area contributed by atoms with Crippen molar-refractivity contribution in [2.75, 3.05) is 31.1 Å². The Morgan fingerprint density at radius 1 is 1.06 bits per heavy atom. The minimum atomic E-state index is -0.291. The number of pyridine rings is 1. The van der Waals surface area contributed by atoms with Crippen LogP contribution in [0, 0.1) is 17.1 Å². The first-order chi connectivity index (χ1) is 16.6. The average molecular weight is 454 g/mol. The molecule has 3 heterocycles. The van der Waals surface area contributed by atoms with Crippen molar-refractivity contribution in [3.63, 3.8) is 0 Å². The van der Waals surface area contributed by atoms with Crippen molar-refractivity contribution >= 4 is 22.6 Å². The molecule has 0 radical (unpaired) electrons. The monoisotopic (exact) mass is 453 g/mol. The van der Waals surface area contributed by atoms with Gasteiger partial charge in [-0.05, 0) is 47.9 Å². The number of aryl methyl sites for hydroxylation is 1. The molecule has 34 heavy (non-hydrogen) atoms. The summed E-state index contributed by atoms with van der Waals surface area (Å²) in [6.07, 6.45) is 2.55. The number of anilines is 1. The number of nitriles is 1. The van der Waals surface area contributed by atoms with Crippen molar-refractivity contribution < 1.29 is 9.18 Å². The summed E-state index contributed by atoms with van der Waals surface area (Å²) in [4.78, 5) is 24.8. The number of aromatic amines is 1. The first-order valence-corrected chi connectivity index (χ1v) is 11.4. The van der Waals surface area contributed by atoms with Crippen LogP contribution in [0.15, 0.2) is 66.9 Å². The molecular weight excluding hydrogens is 429 g/mol. The summed E-state index contributed by atoms with van der Waals surface area (Å²) in [5.74, 6) is 0.456. The standard InChI is InChI=1S/C27H24FN5O/c28-21-8-10-24-23(17-21)22(26(31-24)19-5-2-1-3-6-19)9-11-25(34)32-13-15-33(16-14-32)27-20(18-29)7-4-12-30-27/h1-8,10,12,17,31H,9,11,13-16H2. The number of H-pyrrole nitrogens is 1. The lowest BCUT2D eigenvalue weighted by Gasteiger charge is -2.35. The van der Waals surface area contributed by atoms with E-state index in [2.05, 4.69) is 20.9 Å². The van der Waals surface area contributed by atoms with E-state index in [4.69, 9.17) is 0 Å². The zero-order valence-electron chi connectivity index (χ0n) is 18.7. The van der Waals surface area contributed by atoms with Crippen LogP contribution >= 0.6 is 0 Å². The zero-order valence-corrected chi connectivity index (χ0v) is 18.7. The molecule has 2 aromatic heterocycles. The molecule has 0 spiro atoms. The summed E-state index contributed by atoms with van der Waals surface area (Å²) >= 11 is 0. The van der Waals surface area contributed by atoms with Gasteiger partial charge < -0.3 is 14.8 Å². The van der Waals surface area contributed by atoms with Crippen LogP contribution in [0.5, 0.6) is 0 Å². The molecule has 6 nitrogen and oxygen atoms in total. The van der Waals surface area contributed by atoms with Crippen molar-refractivity contribution in [1.82, 2.24) is 14.9 Å². The van der Waals surface area contributed by atoms with Crippen molar-refractivity contribution in [1.29, 1.82) is 5.26 Å². The molecule has 5 rings (SSSR count). The number of piperazine rings is 1. The van der Waals surface area contributed by atoms with E-state index in [1.165, 1.54) is 12.1 Å². The lowest BCUT2D eigenvalue weighted by atomic mass is 10.0. The number of halogens is 1. The maximum absolute atomic E-state index is 14.0. The van der Waals surface area contributed by atoms with Gasteiger partial charge in [-0.2, -0.15) is 5.26 Å². The fourth-order valence-corrected chi connectivity index (χ4v) is 4.62. The molecule has 0 unspecified atom stereocenters. The van der Waals surface area contributed by atoms with Gasteiger partial charge in [0.15, 0.2) is 0 Å². The Balaban J connectivity index is 1.30. The van der Waals surface area contributed by atoms with Crippen LogP contribution < -0.4 is 4.90 Å². The maximum Gasteiger partial charge on any atom is 0.223 e. The number of hydrogen-bond acceptors (Lipinski definition) is 4. The quantitative estimate of drug-likeness (QED) is 0.482. The van der Waals surface area contributed by atoms with E-state index in [1.807, 2.05) is 35.2 Å². The van der Waals surface area contributed by atoms with Crippen molar-refractivity contribution in [2.24, 2.45) is 0 Å². The molecule has 0 atom stereocenters. The van der Waals surface area contributed by atoms with Gasteiger partial charge in [-0.3, -0.25) is 4.79 Å². The Morgan fingerprint density at radius 3 is 2.62 bits per heavy atom. The summed E-state index contributed by atoms with van der Waals surface area (Å²) in [5.41, 5.74) is 4.30. The number of aromatic nitrogens is 2. The summed E-state index contributed by atoms with van der Waals surface area (Å²) < 4.78 is 14.0. The Hall–Kier alpha value is -4.18. The van der Waals surface area contributed by atoms with E-state index in [0.717, 1.165) is 27.7 Å². The van der Waals surface area contributed by atoms with Crippen molar-refractivity contribution in [2.45, 2.75) is 12.8 Å². The molecule has 1 aliphatic rings. The summed E-state index contributed by atoms with van der Waals surface area (Å²) in [5, 5.41) is 10.2. The molecule has 1 aliphatic heterocycles. The number of benzene rings is 2. The first-order valence-electron chi connectivity index (χ1n) is 11.4. The van der Waals surface area contributed by atoms with E-state index in [1.54, 1.807) is 24.4 Å². The minimum Gasteiger partial charge on any atom is -0.354 e. The van der Waals surface area contributed by atoms with Crippen molar-refractivity contribution in [3.8, 4) is 17.3 Å². The minimum absolute atomic E-state index is 0.0749. The van der Waals surface area contributed by atoms with Gasteiger partial charge in [-0.1, -0.05) is 30.3 Å². The largest absolute Gasteiger partial charge is 0.354 e. The molecule has 2 aromatic carbocycles. The van der Waals surface area contributed by atoms with E-state index < -0.39 is 0 Å². The molecule has 1 N–H and O–H groups in total. The first kappa shape index (κ1) is 21.7. The molecular formula is C27H24FN5O. The topological polar surface area (TPSA) is 76.0 Å². The van der Waals surface area contributed by atoms with Gasteiger partial charge in [-0.25, -0.2) is 9.37 Å². The molecule has 0 aliphatic carbocycles. The number of fused-ring (bicyclic) bond motifs is 1. The zero-order chi connectivity index (χ0) is 23.5. The second-order valence-corrected chi connectivity index (χ2v) is 8.39. The number of rotatable bonds is 5. The highest BCUT2D eigenvalue weighted by atomic mass is 19.1. The lowest BCUT2D eigenvalue weighted by Crippen LogP contribution is -2.49. The van der Waals surface area contributed by atoms with Crippen molar-refractivity contribution in [3.05, 3.63) is 83.8 Å². The van der Waals surface area contributed by atoms with Crippen LogP contribution in [0.25, 0.3) is 22.2 Å². The highest BCUT2D eigenvalue weighted by Crippen LogP contribution is 2.32. The van der Waals surface area contributed by atoms with Gasteiger partial charge in [0, 0.05) is 55.4 Å². The molecule has 1 saturated heterocycles. The van der Waals surface area contributed by atoms with Crippen LogP contribution in [-0.4, -0.2) is 47.0 Å². The van der Waals surface area contributed by atoms with Crippen LogP contribution in [0.2, 0.25) is 0 Å².